The topological polar surface area (TPSA) is 73.0 Å². The second-order valence-electron chi connectivity index (χ2n) is 6.38. The van der Waals surface area contributed by atoms with Crippen molar-refractivity contribution in [2.24, 2.45) is 0 Å². The van der Waals surface area contributed by atoms with Crippen LogP contribution in [0.1, 0.15) is 34.4 Å². The zero-order valence-electron chi connectivity index (χ0n) is 14.9. The van der Waals surface area contributed by atoms with Gasteiger partial charge in [0.25, 0.3) is 5.91 Å². The summed E-state index contributed by atoms with van der Waals surface area (Å²) in [7, 11) is 0. The Morgan fingerprint density at radius 2 is 1.96 bits per heavy atom. The van der Waals surface area contributed by atoms with Gasteiger partial charge in [-0.1, -0.05) is 29.8 Å². The van der Waals surface area contributed by atoms with Crippen LogP contribution in [-0.4, -0.2) is 26.7 Å². The van der Waals surface area contributed by atoms with Crippen LogP contribution in [0.4, 0.5) is 0 Å². The van der Waals surface area contributed by atoms with E-state index in [2.05, 4.69) is 15.4 Å². The molecule has 2 aromatic heterocycles. The van der Waals surface area contributed by atoms with Crippen LogP contribution in [0.3, 0.4) is 0 Å². The van der Waals surface area contributed by atoms with Crippen molar-refractivity contribution >= 4 is 5.91 Å². The van der Waals surface area contributed by atoms with Gasteiger partial charge < -0.3 is 9.73 Å². The van der Waals surface area contributed by atoms with Gasteiger partial charge in [-0.15, -0.1) is 0 Å². The van der Waals surface area contributed by atoms with E-state index < -0.39 is 0 Å². The summed E-state index contributed by atoms with van der Waals surface area (Å²) in [6, 6.07) is 9.73. The Bertz CT molecular complexity index is 877. The summed E-state index contributed by atoms with van der Waals surface area (Å²) in [5.74, 6) is 0.231. The lowest BCUT2D eigenvalue weighted by molar-refractivity contribution is 0.0931. The van der Waals surface area contributed by atoms with E-state index in [1.54, 1.807) is 0 Å². The number of rotatable bonds is 5. The van der Waals surface area contributed by atoms with Gasteiger partial charge in [0.05, 0.1) is 12.2 Å². The summed E-state index contributed by atoms with van der Waals surface area (Å²) in [4.78, 5) is 16.7. The minimum Gasteiger partial charge on any atom is -0.443 e. The first-order chi connectivity index (χ1) is 11.9. The van der Waals surface area contributed by atoms with Crippen LogP contribution in [0.15, 0.2) is 41.1 Å². The SMILES string of the molecule is Cc1ccc(-c2ocnc2C(=O)NC(C)Cn2nc(C)cc2C)cc1. The number of aryl methyl sites for hydroxylation is 3. The molecule has 6 nitrogen and oxygen atoms in total. The second kappa shape index (κ2) is 6.93. The molecule has 0 radical (unpaired) electrons. The van der Waals surface area contributed by atoms with Gasteiger partial charge >= 0.3 is 0 Å². The lowest BCUT2D eigenvalue weighted by atomic mass is 10.1. The van der Waals surface area contributed by atoms with Gasteiger partial charge in [0.15, 0.2) is 17.8 Å². The third kappa shape index (κ3) is 3.79. The molecule has 0 bridgehead atoms. The van der Waals surface area contributed by atoms with Gasteiger partial charge in [0, 0.05) is 17.3 Å². The van der Waals surface area contributed by atoms with E-state index in [4.69, 9.17) is 4.42 Å². The molecule has 25 heavy (non-hydrogen) atoms. The lowest BCUT2D eigenvalue weighted by Crippen LogP contribution is -2.36. The maximum Gasteiger partial charge on any atom is 0.274 e. The number of nitrogens with one attached hydrogen (secondary N) is 1. The highest BCUT2D eigenvalue weighted by Gasteiger charge is 2.20. The molecule has 1 unspecified atom stereocenters. The molecule has 0 aliphatic rings. The van der Waals surface area contributed by atoms with Crippen molar-refractivity contribution in [1.29, 1.82) is 0 Å². The van der Waals surface area contributed by atoms with Crippen LogP contribution < -0.4 is 5.32 Å². The highest BCUT2D eigenvalue weighted by atomic mass is 16.3. The fraction of sp³-hybridized carbons (Fsp3) is 0.316. The quantitative estimate of drug-likeness (QED) is 0.775. The summed E-state index contributed by atoms with van der Waals surface area (Å²) < 4.78 is 7.34. The predicted octanol–water partition coefficient (Wildman–Crippen LogP) is 3.28. The largest absolute Gasteiger partial charge is 0.443 e. The number of aromatic nitrogens is 3. The van der Waals surface area contributed by atoms with Gasteiger partial charge in [-0.3, -0.25) is 9.48 Å². The third-order valence-corrected chi connectivity index (χ3v) is 4.02. The first kappa shape index (κ1) is 17.0. The van der Waals surface area contributed by atoms with Crippen molar-refractivity contribution in [2.45, 2.75) is 40.3 Å². The molecule has 130 valence electrons. The van der Waals surface area contributed by atoms with E-state index in [9.17, 15) is 4.79 Å². The molecule has 1 aromatic carbocycles. The molecule has 0 saturated heterocycles. The minimum atomic E-state index is -0.252. The van der Waals surface area contributed by atoms with Crippen molar-refractivity contribution in [3.63, 3.8) is 0 Å². The number of carbonyl (C=O) groups excluding carboxylic acids is 1. The fourth-order valence-corrected chi connectivity index (χ4v) is 2.77. The van der Waals surface area contributed by atoms with Crippen molar-refractivity contribution in [2.75, 3.05) is 0 Å². The van der Waals surface area contributed by atoms with Crippen molar-refractivity contribution in [1.82, 2.24) is 20.1 Å². The van der Waals surface area contributed by atoms with Crippen LogP contribution in [0, 0.1) is 20.8 Å². The van der Waals surface area contributed by atoms with Crippen LogP contribution in [0.2, 0.25) is 0 Å². The number of amides is 1. The van der Waals surface area contributed by atoms with Crippen LogP contribution in [0.5, 0.6) is 0 Å². The number of benzene rings is 1. The van der Waals surface area contributed by atoms with Crippen LogP contribution in [0.25, 0.3) is 11.3 Å². The Labute approximate surface area is 146 Å². The maximum atomic E-state index is 12.6. The van der Waals surface area contributed by atoms with E-state index in [-0.39, 0.29) is 11.9 Å². The molecule has 0 saturated carbocycles. The molecule has 1 N–H and O–H groups in total. The smallest absolute Gasteiger partial charge is 0.274 e. The van der Waals surface area contributed by atoms with Gasteiger partial charge in [-0.05, 0) is 33.8 Å². The molecule has 0 spiro atoms. The zero-order valence-corrected chi connectivity index (χ0v) is 14.9. The van der Waals surface area contributed by atoms with E-state index in [1.807, 2.05) is 62.7 Å². The van der Waals surface area contributed by atoms with Crippen LogP contribution >= 0.6 is 0 Å². The molecule has 3 rings (SSSR count). The van der Waals surface area contributed by atoms with Crippen molar-refractivity contribution < 1.29 is 9.21 Å². The van der Waals surface area contributed by atoms with E-state index in [0.29, 0.717) is 18.0 Å². The average molecular weight is 338 g/mol. The summed E-state index contributed by atoms with van der Waals surface area (Å²) in [5.41, 5.74) is 4.31. The third-order valence-electron chi connectivity index (χ3n) is 4.02. The molecule has 2 heterocycles. The zero-order chi connectivity index (χ0) is 18.0. The summed E-state index contributed by atoms with van der Waals surface area (Å²) in [6.07, 6.45) is 1.30. The summed E-state index contributed by atoms with van der Waals surface area (Å²) >= 11 is 0. The lowest BCUT2D eigenvalue weighted by Gasteiger charge is -2.14. The molecule has 3 aromatic rings. The molecular weight excluding hydrogens is 316 g/mol. The summed E-state index contributed by atoms with van der Waals surface area (Å²) in [5, 5.41) is 7.39. The first-order valence-corrected chi connectivity index (χ1v) is 8.26. The normalized spacial score (nSPS) is 12.2. The Kier molecular flexibility index (Phi) is 4.70. The highest BCUT2D eigenvalue weighted by molar-refractivity contribution is 5.97. The van der Waals surface area contributed by atoms with Gasteiger partial charge in [-0.25, -0.2) is 4.98 Å². The monoisotopic (exact) mass is 338 g/mol. The number of hydrogen-bond donors (Lipinski definition) is 1. The molecule has 1 atom stereocenters. The first-order valence-electron chi connectivity index (χ1n) is 8.26. The van der Waals surface area contributed by atoms with Crippen molar-refractivity contribution in [3.05, 3.63) is 59.4 Å². The Morgan fingerprint density at radius 1 is 1.24 bits per heavy atom. The standard InChI is InChI=1S/C19H22N4O2/c1-12-5-7-16(8-6-12)18-17(20-11-25-18)19(24)21-14(3)10-23-15(4)9-13(2)22-23/h5-9,11,14H,10H2,1-4H3,(H,21,24). The van der Waals surface area contributed by atoms with Crippen LogP contribution in [-0.2, 0) is 6.54 Å². The highest BCUT2D eigenvalue weighted by Crippen LogP contribution is 2.23. The molecule has 0 aliphatic carbocycles. The molecule has 6 heteroatoms. The number of nitrogens with zero attached hydrogens (tertiary/aromatic N) is 3. The van der Waals surface area contributed by atoms with Gasteiger partial charge in [0.2, 0.25) is 0 Å². The second-order valence-corrected chi connectivity index (χ2v) is 6.38. The van der Waals surface area contributed by atoms with E-state index in [0.717, 1.165) is 22.5 Å². The molecular formula is C19H22N4O2. The van der Waals surface area contributed by atoms with E-state index >= 15 is 0 Å². The summed E-state index contributed by atoms with van der Waals surface area (Å²) in [6.45, 7) is 8.51. The van der Waals surface area contributed by atoms with Gasteiger partial charge in [0.1, 0.15) is 0 Å². The number of carbonyl (C=O) groups is 1. The predicted molar refractivity (Wildman–Crippen MR) is 95.3 cm³/mol. The average Bonchev–Trinajstić information content (AvgIpc) is 3.15. The Hall–Kier alpha value is -2.89. The van der Waals surface area contributed by atoms with Gasteiger partial charge in [-0.2, -0.15) is 5.10 Å². The fourth-order valence-electron chi connectivity index (χ4n) is 2.77. The van der Waals surface area contributed by atoms with Crippen molar-refractivity contribution in [3.8, 4) is 11.3 Å². The number of oxazole rings is 1. The molecule has 1 amide bonds. The molecule has 0 fully saturated rings. The molecule has 0 aliphatic heterocycles. The number of hydrogen-bond acceptors (Lipinski definition) is 4. The Balaban J connectivity index is 1.72. The minimum absolute atomic E-state index is 0.0898. The maximum absolute atomic E-state index is 12.6. The Morgan fingerprint density at radius 3 is 2.60 bits per heavy atom. The van der Waals surface area contributed by atoms with E-state index in [1.165, 1.54) is 6.39 Å².